The molecule has 0 saturated carbocycles. The van der Waals surface area contributed by atoms with Crippen molar-refractivity contribution in [1.29, 1.82) is 0 Å². The maximum atomic E-state index is 11.7. The molecule has 0 aliphatic carbocycles. The van der Waals surface area contributed by atoms with E-state index in [1.54, 1.807) is 6.92 Å². The zero-order valence-electron chi connectivity index (χ0n) is 11.5. The van der Waals surface area contributed by atoms with E-state index in [9.17, 15) is 9.59 Å². The summed E-state index contributed by atoms with van der Waals surface area (Å²) in [6, 6.07) is -0.0670. The molecule has 1 saturated heterocycles. The van der Waals surface area contributed by atoms with E-state index in [4.69, 9.17) is 5.11 Å². The monoisotopic (exact) mass is 298 g/mol. The normalized spacial score (nSPS) is 19.0. The molecule has 3 N–H and O–H groups in total. The van der Waals surface area contributed by atoms with Crippen LogP contribution >= 0.6 is 11.3 Å². The van der Waals surface area contributed by atoms with Gasteiger partial charge in [-0.3, -0.25) is 0 Å². The fraction of sp³-hybridized carbons (Fsp3) is 0.583. The van der Waals surface area contributed by atoms with Gasteiger partial charge in [-0.15, -0.1) is 11.3 Å². The number of aromatic carboxylic acids is 1. The number of aromatic nitrogens is 1. The number of rotatable bonds is 4. The van der Waals surface area contributed by atoms with Crippen LogP contribution in [0.3, 0.4) is 0 Å². The lowest BCUT2D eigenvalue weighted by molar-refractivity contribution is 0.0701. The van der Waals surface area contributed by atoms with Crippen LogP contribution in [0.4, 0.5) is 4.79 Å². The van der Waals surface area contributed by atoms with Crippen LogP contribution in [0, 0.1) is 6.92 Å². The van der Waals surface area contributed by atoms with Crippen LogP contribution in [0.5, 0.6) is 0 Å². The lowest BCUT2D eigenvalue weighted by Crippen LogP contribution is -2.42. The Hall–Kier alpha value is -1.67. The third kappa shape index (κ3) is 3.67. The summed E-state index contributed by atoms with van der Waals surface area (Å²) in [5, 5.41) is 15.1. The number of hydrogen-bond acceptors (Lipinski definition) is 5. The first kappa shape index (κ1) is 14.7. The van der Waals surface area contributed by atoms with E-state index in [2.05, 4.69) is 20.5 Å². The van der Waals surface area contributed by atoms with E-state index < -0.39 is 5.97 Å². The van der Waals surface area contributed by atoms with E-state index in [0.717, 1.165) is 30.8 Å². The topological polar surface area (TPSA) is 94.6 Å². The van der Waals surface area contributed by atoms with E-state index in [0.29, 0.717) is 10.7 Å². The lowest BCUT2D eigenvalue weighted by atomic mass is 10.3. The van der Waals surface area contributed by atoms with Gasteiger partial charge in [0.25, 0.3) is 0 Å². The highest BCUT2D eigenvalue weighted by molar-refractivity contribution is 7.13. The molecule has 0 radical (unpaired) electrons. The van der Waals surface area contributed by atoms with Crippen LogP contribution in [0.2, 0.25) is 0 Å². The first-order chi connectivity index (χ1) is 9.45. The maximum Gasteiger partial charge on any atom is 0.347 e. The van der Waals surface area contributed by atoms with Crippen molar-refractivity contribution < 1.29 is 14.7 Å². The highest BCUT2D eigenvalue weighted by atomic mass is 32.1. The Balaban J connectivity index is 1.81. The average molecular weight is 298 g/mol. The molecular formula is C12H18N4O3S. The Labute approximate surface area is 121 Å². The van der Waals surface area contributed by atoms with Crippen LogP contribution in [0.15, 0.2) is 0 Å². The van der Waals surface area contributed by atoms with Crippen molar-refractivity contribution in [2.75, 3.05) is 20.1 Å². The summed E-state index contributed by atoms with van der Waals surface area (Å²) in [7, 11) is 2.02. The number of carboxylic acids is 1. The van der Waals surface area contributed by atoms with Crippen LogP contribution in [-0.2, 0) is 6.54 Å². The quantitative estimate of drug-likeness (QED) is 0.759. The van der Waals surface area contributed by atoms with Gasteiger partial charge in [0.2, 0.25) is 0 Å². The molecule has 1 aliphatic rings. The van der Waals surface area contributed by atoms with Crippen molar-refractivity contribution in [2.24, 2.45) is 0 Å². The van der Waals surface area contributed by atoms with Crippen molar-refractivity contribution >= 4 is 23.3 Å². The van der Waals surface area contributed by atoms with Gasteiger partial charge in [0, 0.05) is 12.6 Å². The molecule has 2 heterocycles. The molecule has 110 valence electrons. The number of amides is 2. The number of likely N-dealkylation sites (N-methyl/N-ethyl adjacent to an activating group) is 1. The third-order valence-electron chi connectivity index (χ3n) is 3.16. The second-order valence-electron chi connectivity index (χ2n) is 4.90. The van der Waals surface area contributed by atoms with Crippen LogP contribution in [-0.4, -0.2) is 53.2 Å². The number of hydrogen-bond donors (Lipinski definition) is 3. The van der Waals surface area contributed by atoms with E-state index in [1.807, 2.05) is 7.05 Å². The summed E-state index contributed by atoms with van der Waals surface area (Å²) in [6.45, 7) is 3.73. The molecule has 1 atom stereocenters. The zero-order valence-corrected chi connectivity index (χ0v) is 12.3. The number of carbonyl (C=O) groups is 2. The molecule has 1 fully saturated rings. The average Bonchev–Trinajstić information content (AvgIpc) is 2.93. The number of carboxylic acid groups (broad SMARTS) is 1. The Morgan fingerprint density at radius 3 is 2.85 bits per heavy atom. The molecule has 1 aromatic rings. The van der Waals surface area contributed by atoms with Crippen LogP contribution < -0.4 is 10.6 Å². The number of aryl methyl sites for hydroxylation is 1. The molecule has 0 bridgehead atoms. The largest absolute Gasteiger partial charge is 0.477 e. The van der Waals surface area contributed by atoms with Gasteiger partial charge >= 0.3 is 12.0 Å². The number of urea groups is 1. The fourth-order valence-corrected chi connectivity index (χ4v) is 3.01. The van der Waals surface area contributed by atoms with Gasteiger partial charge in [0.1, 0.15) is 9.88 Å². The summed E-state index contributed by atoms with van der Waals surface area (Å²) < 4.78 is 0. The van der Waals surface area contributed by atoms with Gasteiger partial charge in [-0.05, 0) is 26.9 Å². The highest BCUT2D eigenvalue weighted by Crippen LogP contribution is 2.17. The van der Waals surface area contributed by atoms with E-state index in [-0.39, 0.29) is 23.5 Å². The Bertz CT molecular complexity index is 517. The number of nitrogens with zero attached hydrogens (tertiary/aromatic N) is 2. The van der Waals surface area contributed by atoms with Crippen molar-refractivity contribution in [3.05, 3.63) is 15.6 Å². The van der Waals surface area contributed by atoms with Crippen molar-refractivity contribution in [3.63, 3.8) is 0 Å². The van der Waals surface area contributed by atoms with Crippen molar-refractivity contribution in [2.45, 2.75) is 25.9 Å². The molecule has 0 aromatic carbocycles. The molecule has 1 aromatic heterocycles. The Morgan fingerprint density at radius 1 is 1.55 bits per heavy atom. The van der Waals surface area contributed by atoms with Gasteiger partial charge in [0.15, 0.2) is 0 Å². The fourth-order valence-electron chi connectivity index (χ4n) is 2.17. The van der Waals surface area contributed by atoms with Gasteiger partial charge in [-0.25, -0.2) is 14.6 Å². The Morgan fingerprint density at radius 2 is 2.30 bits per heavy atom. The highest BCUT2D eigenvalue weighted by Gasteiger charge is 2.21. The summed E-state index contributed by atoms with van der Waals surface area (Å²) in [6.07, 6.45) is 0.948. The predicted octanol–water partition coefficient (Wildman–Crippen LogP) is 0.653. The van der Waals surface area contributed by atoms with Crippen molar-refractivity contribution in [3.8, 4) is 0 Å². The second kappa shape index (κ2) is 6.19. The molecule has 8 heteroatoms. The first-order valence-electron chi connectivity index (χ1n) is 6.38. The van der Waals surface area contributed by atoms with Crippen LogP contribution in [0.1, 0.15) is 26.8 Å². The predicted molar refractivity (Wildman–Crippen MR) is 75.1 cm³/mol. The van der Waals surface area contributed by atoms with E-state index >= 15 is 0 Å². The number of thiazole rings is 1. The summed E-state index contributed by atoms with van der Waals surface area (Å²) in [5.74, 6) is -0.982. The summed E-state index contributed by atoms with van der Waals surface area (Å²) >= 11 is 1.09. The number of likely N-dealkylation sites (tertiary alicyclic amines) is 1. The van der Waals surface area contributed by atoms with Gasteiger partial charge in [-0.1, -0.05) is 0 Å². The van der Waals surface area contributed by atoms with Gasteiger partial charge in [0.05, 0.1) is 12.2 Å². The van der Waals surface area contributed by atoms with E-state index in [1.165, 1.54) is 0 Å². The molecule has 1 aliphatic heterocycles. The molecular weight excluding hydrogens is 280 g/mol. The van der Waals surface area contributed by atoms with Gasteiger partial charge < -0.3 is 20.6 Å². The zero-order chi connectivity index (χ0) is 14.7. The number of carbonyl (C=O) groups excluding carboxylic acids is 1. The van der Waals surface area contributed by atoms with Crippen molar-refractivity contribution in [1.82, 2.24) is 20.5 Å². The second-order valence-corrected chi connectivity index (χ2v) is 5.99. The van der Waals surface area contributed by atoms with Crippen LogP contribution in [0.25, 0.3) is 0 Å². The lowest BCUT2D eigenvalue weighted by Gasteiger charge is -2.13. The molecule has 7 nitrogen and oxygen atoms in total. The maximum absolute atomic E-state index is 11.7. The summed E-state index contributed by atoms with van der Waals surface area (Å²) in [5.41, 5.74) is 0.483. The minimum atomic E-state index is -0.982. The molecule has 1 unspecified atom stereocenters. The molecule has 2 amide bonds. The first-order valence-corrected chi connectivity index (χ1v) is 7.20. The molecule has 2 rings (SSSR count). The number of nitrogens with one attached hydrogen (secondary N) is 2. The summed E-state index contributed by atoms with van der Waals surface area (Å²) in [4.78, 5) is 29.1. The molecule has 20 heavy (non-hydrogen) atoms. The smallest absolute Gasteiger partial charge is 0.347 e. The molecule has 0 spiro atoms. The Kier molecular flexibility index (Phi) is 4.56. The minimum Gasteiger partial charge on any atom is -0.477 e. The standard InChI is InChI=1S/C12H18N4O3S/c1-7-10(11(17)18)20-9(14-7)5-13-12(19)15-8-3-4-16(2)6-8/h8H,3-6H2,1-2H3,(H,17,18)(H2,13,15,19). The SMILES string of the molecule is Cc1nc(CNC(=O)NC2CCN(C)C2)sc1C(=O)O. The van der Waals surface area contributed by atoms with Gasteiger partial charge in [-0.2, -0.15) is 0 Å². The minimum absolute atomic E-state index is 0.174. The third-order valence-corrected chi connectivity index (χ3v) is 4.31.